The molecule has 7 nitrogen and oxygen atoms in total. The number of carbonyl (C=O) groups excluding carboxylic acids is 2. The van der Waals surface area contributed by atoms with E-state index in [1.807, 2.05) is 12.1 Å². The van der Waals surface area contributed by atoms with Crippen molar-refractivity contribution in [2.75, 3.05) is 0 Å². The molecule has 0 amide bonds. The van der Waals surface area contributed by atoms with Gasteiger partial charge in [0.25, 0.3) is 0 Å². The summed E-state index contributed by atoms with van der Waals surface area (Å²) >= 11 is 0. The lowest BCUT2D eigenvalue weighted by Crippen LogP contribution is -2.32. The minimum atomic E-state index is -1.01. The van der Waals surface area contributed by atoms with Crippen molar-refractivity contribution < 1.29 is 19.5 Å². The molecule has 3 aromatic rings. The summed E-state index contributed by atoms with van der Waals surface area (Å²) in [7, 11) is 0. The zero-order chi connectivity index (χ0) is 18.2. The van der Waals surface area contributed by atoms with E-state index in [-0.39, 0.29) is 6.42 Å². The third-order valence-corrected chi connectivity index (χ3v) is 3.46. The van der Waals surface area contributed by atoms with Crippen LogP contribution in [0, 0.1) is 0 Å². The molecule has 1 heterocycles. The van der Waals surface area contributed by atoms with Gasteiger partial charge in [-0.05, 0) is 22.9 Å². The number of aromatic nitrogens is 2. The Morgan fingerprint density at radius 2 is 1.68 bits per heavy atom. The molecule has 0 fully saturated rings. The first-order chi connectivity index (χ1) is 12.0. The second-order valence-electron chi connectivity index (χ2n) is 5.31. The van der Waals surface area contributed by atoms with Gasteiger partial charge in [-0.25, -0.2) is 4.98 Å². The summed E-state index contributed by atoms with van der Waals surface area (Å²) in [5, 5.41) is 10.4. The lowest BCUT2D eigenvalue weighted by atomic mass is 10.1. The molecule has 0 aliphatic carbocycles. The van der Waals surface area contributed by atoms with Gasteiger partial charge in [0, 0.05) is 23.7 Å². The van der Waals surface area contributed by atoms with Gasteiger partial charge in [-0.2, -0.15) is 0 Å². The lowest BCUT2D eigenvalue weighted by Gasteiger charge is -2.01. The van der Waals surface area contributed by atoms with Crippen LogP contribution in [0.4, 0.5) is 0 Å². The number of rotatable bonds is 5. The molecule has 0 aliphatic rings. The Hall–Kier alpha value is -3.32. The Morgan fingerprint density at radius 1 is 1.12 bits per heavy atom. The van der Waals surface area contributed by atoms with Gasteiger partial charge in [0.15, 0.2) is 0 Å². The Bertz CT molecular complexity index is 828. The van der Waals surface area contributed by atoms with Crippen LogP contribution in [0.2, 0.25) is 0 Å². The number of H-pyrrole nitrogens is 1. The molecule has 4 N–H and O–H groups in total. The molecule has 0 radical (unpaired) electrons. The summed E-state index contributed by atoms with van der Waals surface area (Å²) in [5.41, 5.74) is 7.22. The topological polar surface area (TPSA) is 126 Å². The Kier molecular flexibility index (Phi) is 6.14. The highest BCUT2D eigenvalue weighted by Crippen LogP contribution is 2.16. The third-order valence-electron chi connectivity index (χ3n) is 3.46. The highest BCUT2D eigenvalue weighted by molar-refractivity contribution is 5.92. The number of fused-ring (bicyclic) bond motifs is 1. The Balaban J connectivity index is 0.000000186. The zero-order valence-corrected chi connectivity index (χ0v) is 13.3. The van der Waals surface area contributed by atoms with Gasteiger partial charge in [-0.15, -0.1) is 0 Å². The van der Waals surface area contributed by atoms with Crippen molar-refractivity contribution >= 4 is 29.3 Å². The summed E-state index contributed by atoms with van der Waals surface area (Å²) in [6.45, 7) is 0. The van der Waals surface area contributed by atoms with E-state index in [9.17, 15) is 14.4 Å². The molecule has 128 valence electrons. The molecule has 0 aliphatic heterocycles. The van der Waals surface area contributed by atoms with E-state index in [4.69, 9.17) is 10.8 Å². The number of imidazole rings is 1. The van der Waals surface area contributed by atoms with E-state index >= 15 is 0 Å². The molecule has 0 saturated carbocycles. The molecule has 7 heteroatoms. The van der Waals surface area contributed by atoms with Crippen molar-refractivity contribution in [2.24, 2.45) is 5.73 Å². The molecule has 0 saturated heterocycles. The molecule has 1 aromatic heterocycles. The average molecular weight is 339 g/mol. The Labute approximate surface area is 143 Å². The van der Waals surface area contributed by atoms with Gasteiger partial charge in [0.1, 0.15) is 18.6 Å². The normalized spacial score (nSPS) is 11.2. The summed E-state index contributed by atoms with van der Waals surface area (Å²) in [6, 6.07) is 9.90. The minimum absolute atomic E-state index is 0.263. The molecule has 1 atom stereocenters. The van der Waals surface area contributed by atoms with Crippen LogP contribution in [-0.2, 0) is 11.2 Å². The Morgan fingerprint density at radius 3 is 2.08 bits per heavy atom. The maximum atomic E-state index is 10.5. The number of aliphatic carboxylic acids is 1. The highest BCUT2D eigenvalue weighted by atomic mass is 16.4. The molecule has 2 aromatic carbocycles. The van der Waals surface area contributed by atoms with Crippen molar-refractivity contribution in [2.45, 2.75) is 12.5 Å². The van der Waals surface area contributed by atoms with Gasteiger partial charge in [0.05, 0.1) is 12.0 Å². The number of nitrogens with one attached hydrogen (secondary N) is 1. The summed E-state index contributed by atoms with van der Waals surface area (Å²) in [5.74, 6) is -1.01. The van der Waals surface area contributed by atoms with Gasteiger partial charge in [-0.1, -0.05) is 24.3 Å². The van der Waals surface area contributed by atoms with E-state index in [0.717, 1.165) is 23.3 Å². The number of aromatic amines is 1. The van der Waals surface area contributed by atoms with Crippen LogP contribution in [0.3, 0.4) is 0 Å². The number of carboxylic acid groups (broad SMARTS) is 1. The average Bonchev–Trinajstić information content (AvgIpc) is 3.14. The van der Waals surface area contributed by atoms with Crippen molar-refractivity contribution in [3.63, 3.8) is 0 Å². The van der Waals surface area contributed by atoms with Crippen molar-refractivity contribution in [1.82, 2.24) is 9.97 Å². The van der Waals surface area contributed by atoms with Crippen LogP contribution in [0.15, 0.2) is 48.9 Å². The van der Waals surface area contributed by atoms with E-state index in [1.54, 1.807) is 30.5 Å². The second kappa shape index (κ2) is 8.51. The molecule has 3 rings (SSSR count). The third kappa shape index (κ3) is 5.08. The summed E-state index contributed by atoms with van der Waals surface area (Å²) < 4.78 is 0. The van der Waals surface area contributed by atoms with Crippen LogP contribution in [0.5, 0.6) is 0 Å². The fraction of sp³-hybridized carbons (Fsp3) is 0.111. The van der Waals surface area contributed by atoms with E-state index in [1.165, 1.54) is 6.33 Å². The van der Waals surface area contributed by atoms with Gasteiger partial charge in [-0.3, -0.25) is 14.4 Å². The predicted molar refractivity (Wildman–Crippen MR) is 92.6 cm³/mol. The standard InChI is InChI=1S/C12H8O2.C6H9N3O2/c13-7-9-1-3-11-6-10(8-14)2-4-12(11)5-9;7-5(6(10)11)1-4-2-8-3-9-4/h1-8H;2-3,5H,1,7H2,(H,8,9)(H,10,11). The van der Waals surface area contributed by atoms with Crippen LogP contribution in [-0.4, -0.2) is 39.7 Å². The molecule has 0 spiro atoms. The summed E-state index contributed by atoms with van der Waals surface area (Å²) in [6.07, 6.45) is 5.01. The SMILES string of the molecule is NC(Cc1c[nH]cn1)C(=O)O.O=Cc1ccc2cc(C=O)ccc2c1. The number of carboxylic acids is 1. The first-order valence-electron chi connectivity index (χ1n) is 7.43. The van der Waals surface area contributed by atoms with Crippen molar-refractivity contribution in [1.29, 1.82) is 0 Å². The quantitative estimate of drug-likeness (QED) is 0.609. The second-order valence-corrected chi connectivity index (χ2v) is 5.31. The van der Waals surface area contributed by atoms with Gasteiger partial charge < -0.3 is 15.8 Å². The van der Waals surface area contributed by atoms with E-state index in [2.05, 4.69) is 9.97 Å². The molecular weight excluding hydrogens is 322 g/mol. The van der Waals surface area contributed by atoms with E-state index in [0.29, 0.717) is 16.8 Å². The number of nitrogens with zero attached hydrogens (tertiary/aromatic N) is 1. The molecule has 25 heavy (non-hydrogen) atoms. The fourth-order valence-electron chi connectivity index (χ4n) is 2.14. The smallest absolute Gasteiger partial charge is 0.320 e. The first-order valence-corrected chi connectivity index (χ1v) is 7.43. The zero-order valence-electron chi connectivity index (χ0n) is 13.3. The highest BCUT2D eigenvalue weighted by Gasteiger charge is 2.12. The molecule has 0 bridgehead atoms. The van der Waals surface area contributed by atoms with E-state index < -0.39 is 12.0 Å². The maximum Gasteiger partial charge on any atom is 0.320 e. The number of carbonyl (C=O) groups is 3. The monoisotopic (exact) mass is 339 g/mol. The lowest BCUT2D eigenvalue weighted by molar-refractivity contribution is -0.138. The maximum absolute atomic E-state index is 10.5. The van der Waals surface area contributed by atoms with Crippen molar-refractivity contribution in [3.05, 3.63) is 65.7 Å². The number of aldehydes is 2. The largest absolute Gasteiger partial charge is 0.480 e. The number of benzene rings is 2. The number of hydrogen-bond acceptors (Lipinski definition) is 5. The number of nitrogens with two attached hydrogens (primary N) is 1. The van der Waals surface area contributed by atoms with Crippen LogP contribution in [0.25, 0.3) is 10.8 Å². The van der Waals surface area contributed by atoms with Gasteiger partial charge >= 0.3 is 5.97 Å². The first kappa shape index (κ1) is 18.0. The number of hydrogen-bond donors (Lipinski definition) is 3. The minimum Gasteiger partial charge on any atom is -0.480 e. The summed E-state index contributed by atoms with van der Waals surface area (Å²) in [4.78, 5) is 37.9. The molecule has 1 unspecified atom stereocenters. The molecular formula is C18H17N3O4. The van der Waals surface area contributed by atoms with Gasteiger partial charge in [0.2, 0.25) is 0 Å². The fourth-order valence-corrected chi connectivity index (χ4v) is 2.14. The van der Waals surface area contributed by atoms with Crippen LogP contribution >= 0.6 is 0 Å². The van der Waals surface area contributed by atoms with Crippen molar-refractivity contribution in [3.8, 4) is 0 Å². The predicted octanol–water partition coefficient (Wildman–Crippen LogP) is 1.83. The van der Waals surface area contributed by atoms with Crippen LogP contribution < -0.4 is 5.73 Å². The van der Waals surface area contributed by atoms with Crippen LogP contribution in [0.1, 0.15) is 26.4 Å².